The monoisotopic (exact) mass is 647 g/mol. The van der Waals surface area contributed by atoms with Crippen LogP contribution < -0.4 is 20.7 Å². The van der Waals surface area contributed by atoms with Crippen LogP contribution in [0.2, 0.25) is 0 Å². The summed E-state index contributed by atoms with van der Waals surface area (Å²) in [5.74, 6) is -0.204. The first-order valence-electron chi connectivity index (χ1n) is 14.7. The van der Waals surface area contributed by atoms with Crippen molar-refractivity contribution in [2.45, 2.75) is 102 Å². The van der Waals surface area contributed by atoms with Crippen molar-refractivity contribution < 1.29 is 27.4 Å². The Morgan fingerprint density at radius 1 is 1.14 bits per heavy atom. The lowest BCUT2D eigenvalue weighted by Crippen LogP contribution is -2.42. The number of sulfonamides is 1. The number of anilines is 1. The van der Waals surface area contributed by atoms with E-state index in [-0.39, 0.29) is 35.2 Å². The van der Waals surface area contributed by atoms with Crippen molar-refractivity contribution in [2.75, 3.05) is 5.32 Å². The fourth-order valence-corrected chi connectivity index (χ4v) is 7.94. The molecule has 1 aliphatic rings. The zero-order valence-electron chi connectivity index (χ0n) is 25.7. The SMILES string of the molecule is CC(C)OC(O)N[C@H]1CC[C@H](c2ncc(-c3ccc(NC(=O)NCc4ccccc4F)cc3S(=O)(=O)NC(C)(C)C)s2)CC1. The van der Waals surface area contributed by atoms with Crippen LogP contribution in [0.1, 0.15) is 76.8 Å². The Balaban J connectivity index is 1.51. The van der Waals surface area contributed by atoms with E-state index in [4.69, 9.17) is 4.74 Å². The van der Waals surface area contributed by atoms with Gasteiger partial charge in [-0.3, -0.25) is 5.32 Å². The van der Waals surface area contributed by atoms with Crippen molar-refractivity contribution >= 4 is 33.1 Å². The molecule has 2 amide bonds. The average molecular weight is 648 g/mol. The molecule has 3 aromatic rings. The second-order valence-corrected chi connectivity index (χ2v) is 15.0. The van der Waals surface area contributed by atoms with Gasteiger partial charge in [0.05, 0.1) is 20.9 Å². The molecule has 1 unspecified atom stereocenters. The molecular formula is C31H42FN5O5S2. The molecule has 0 radical (unpaired) electrons. The highest BCUT2D eigenvalue weighted by Gasteiger charge is 2.29. The number of rotatable bonds is 11. The van der Waals surface area contributed by atoms with Crippen LogP contribution >= 0.6 is 11.3 Å². The number of carbonyl (C=O) groups is 1. The van der Waals surface area contributed by atoms with Gasteiger partial charge in [0, 0.05) is 47.1 Å². The van der Waals surface area contributed by atoms with Crippen molar-refractivity contribution in [3.8, 4) is 10.4 Å². The molecule has 0 bridgehead atoms. The number of ether oxygens (including phenoxy) is 1. The minimum atomic E-state index is -4.00. The predicted molar refractivity (Wildman–Crippen MR) is 170 cm³/mol. The summed E-state index contributed by atoms with van der Waals surface area (Å²) in [6, 6.07) is 10.4. The summed E-state index contributed by atoms with van der Waals surface area (Å²) >= 11 is 1.46. The first kappa shape index (κ1) is 33.9. The number of urea groups is 1. The smallest absolute Gasteiger partial charge is 0.319 e. The molecule has 44 heavy (non-hydrogen) atoms. The van der Waals surface area contributed by atoms with E-state index in [2.05, 4.69) is 25.7 Å². The Labute approximate surface area is 262 Å². The molecule has 1 fully saturated rings. The molecule has 5 N–H and O–H groups in total. The topological polar surface area (TPSA) is 142 Å². The largest absolute Gasteiger partial charge is 0.356 e. The third-order valence-corrected chi connectivity index (χ3v) is 10.0. The summed E-state index contributed by atoms with van der Waals surface area (Å²) in [6.07, 6.45) is 4.08. The molecule has 0 aliphatic heterocycles. The molecule has 13 heteroatoms. The van der Waals surface area contributed by atoms with Crippen LogP contribution in [0.5, 0.6) is 0 Å². The van der Waals surface area contributed by atoms with Gasteiger partial charge < -0.3 is 20.5 Å². The van der Waals surface area contributed by atoms with Crippen LogP contribution in [0.25, 0.3) is 10.4 Å². The zero-order valence-corrected chi connectivity index (χ0v) is 27.3. The van der Waals surface area contributed by atoms with E-state index >= 15 is 0 Å². The molecule has 10 nitrogen and oxygen atoms in total. The Morgan fingerprint density at radius 2 is 1.84 bits per heavy atom. The van der Waals surface area contributed by atoms with Gasteiger partial charge in [0.25, 0.3) is 0 Å². The summed E-state index contributed by atoms with van der Waals surface area (Å²) < 4.78 is 49.2. The maximum Gasteiger partial charge on any atom is 0.319 e. The molecule has 4 rings (SSSR count). The van der Waals surface area contributed by atoms with Gasteiger partial charge in [-0.1, -0.05) is 24.3 Å². The lowest BCUT2D eigenvalue weighted by molar-refractivity contribution is -0.150. The first-order chi connectivity index (χ1) is 20.7. The van der Waals surface area contributed by atoms with Crippen LogP contribution in [-0.2, 0) is 21.3 Å². The van der Waals surface area contributed by atoms with Gasteiger partial charge in [-0.2, -0.15) is 0 Å². The Kier molecular flexibility index (Phi) is 11.1. The third-order valence-electron chi connectivity index (χ3n) is 7.01. The summed E-state index contributed by atoms with van der Waals surface area (Å²) in [6.45, 7) is 8.98. The second-order valence-electron chi connectivity index (χ2n) is 12.3. The second kappa shape index (κ2) is 14.4. The number of aromatic nitrogens is 1. The first-order valence-corrected chi connectivity index (χ1v) is 17.0. The number of benzene rings is 2. The van der Waals surface area contributed by atoms with Crippen LogP contribution in [0.3, 0.4) is 0 Å². The Morgan fingerprint density at radius 3 is 2.50 bits per heavy atom. The van der Waals surface area contributed by atoms with E-state index < -0.39 is 33.8 Å². The average Bonchev–Trinajstić information content (AvgIpc) is 3.41. The highest BCUT2D eigenvalue weighted by Crippen LogP contribution is 2.40. The molecule has 1 atom stereocenters. The van der Waals surface area contributed by atoms with Gasteiger partial charge in [0.2, 0.25) is 16.4 Å². The molecule has 2 aromatic carbocycles. The maximum absolute atomic E-state index is 13.9. The summed E-state index contributed by atoms with van der Waals surface area (Å²) in [5.41, 5.74) is 0.343. The molecule has 0 saturated heterocycles. The number of hydrogen-bond donors (Lipinski definition) is 5. The van der Waals surface area contributed by atoms with E-state index in [1.165, 1.54) is 23.5 Å². The predicted octanol–water partition coefficient (Wildman–Crippen LogP) is 5.66. The number of aliphatic hydroxyl groups excluding tert-OH is 1. The normalized spacial score (nSPS) is 18.3. The molecule has 1 saturated carbocycles. The van der Waals surface area contributed by atoms with Gasteiger partial charge in [-0.15, -0.1) is 11.3 Å². The fourth-order valence-electron chi connectivity index (χ4n) is 5.08. The number of halogens is 1. The van der Waals surface area contributed by atoms with E-state index in [1.54, 1.807) is 57.3 Å². The van der Waals surface area contributed by atoms with Gasteiger partial charge in [0.15, 0.2) is 0 Å². The van der Waals surface area contributed by atoms with E-state index in [9.17, 15) is 22.7 Å². The van der Waals surface area contributed by atoms with Crippen LogP contribution in [-0.4, -0.2) is 48.6 Å². The fraction of sp³-hybridized carbons (Fsp3) is 0.484. The highest BCUT2D eigenvalue weighted by atomic mass is 32.2. The molecule has 1 heterocycles. The van der Waals surface area contributed by atoms with E-state index in [0.29, 0.717) is 16.0 Å². The minimum absolute atomic E-state index is 0.0153. The number of carbonyl (C=O) groups excluding carboxylic acids is 1. The third kappa shape index (κ3) is 9.53. The number of thiazole rings is 1. The number of amides is 2. The molecule has 0 spiro atoms. The Hall–Kier alpha value is -2.94. The molecule has 240 valence electrons. The number of hydrogen-bond acceptors (Lipinski definition) is 8. The standard InChI is InChI=1S/C31H42FN5O5S2/c1-19(2)42-30(39)36-22-12-10-20(11-13-22)28-33-18-26(43-28)24-15-14-23(16-27(24)44(40,41)37-31(3,4)5)35-29(38)34-17-21-8-6-7-9-25(21)32/h6-9,14-16,18-20,22,30,36-37,39H,10-13,17H2,1-5H3,(H2,34,35,38)/t20-,22-,30?. The lowest BCUT2D eigenvalue weighted by atomic mass is 9.86. The van der Waals surface area contributed by atoms with Crippen molar-refractivity contribution in [2.24, 2.45) is 0 Å². The summed E-state index contributed by atoms with van der Waals surface area (Å²) in [7, 11) is -4.00. The van der Waals surface area contributed by atoms with Crippen LogP contribution in [0, 0.1) is 5.82 Å². The summed E-state index contributed by atoms with van der Waals surface area (Å²) in [4.78, 5) is 18.0. The lowest BCUT2D eigenvalue weighted by Gasteiger charge is -2.30. The number of nitrogens with zero attached hydrogens (tertiary/aromatic N) is 1. The van der Waals surface area contributed by atoms with Crippen molar-refractivity contribution in [3.63, 3.8) is 0 Å². The highest BCUT2D eigenvalue weighted by molar-refractivity contribution is 7.89. The van der Waals surface area contributed by atoms with Crippen molar-refractivity contribution in [3.05, 3.63) is 65.0 Å². The van der Waals surface area contributed by atoms with Gasteiger partial charge in [-0.05, 0) is 78.5 Å². The number of nitrogens with one attached hydrogen (secondary N) is 4. The van der Waals surface area contributed by atoms with Crippen molar-refractivity contribution in [1.82, 2.24) is 20.3 Å². The van der Waals surface area contributed by atoms with E-state index in [1.807, 2.05) is 13.8 Å². The van der Waals surface area contributed by atoms with Crippen LogP contribution in [0.4, 0.5) is 14.9 Å². The van der Waals surface area contributed by atoms with Gasteiger partial charge in [-0.25, -0.2) is 27.3 Å². The maximum atomic E-state index is 13.9. The van der Waals surface area contributed by atoms with E-state index in [0.717, 1.165) is 30.7 Å². The van der Waals surface area contributed by atoms with Crippen LogP contribution in [0.15, 0.2) is 53.6 Å². The minimum Gasteiger partial charge on any atom is -0.356 e. The molecule has 1 aromatic heterocycles. The quantitative estimate of drug-likeness (QED) is 0.169. The van der Waals surface area contributed by atoms with Gasteiger partial charge >= 0.3 is 6.03 Å². The number of aliphatic hydroxyl groups is 1. The molecule has 1 aliphatic carbocycles. The van der Waals surface area contributed by atoms with Crippen molar-refractivity contribution in [1.29, 1.82) is 0 Å². The zero-order chi connectivity index (χ0) is 32.1. The molecular weight excluding hydrogens is 606 g/mol. The van der Waals surface area contributed by atoms with Gasteiger partial charge in [0.1, 0.15) is 5.82 Å². The summed E-state index contributed by atoms with van der Waals surface area (Å²) in [5, 5.41) is 19.4. The Bertz CT molecular complexity index is 1530.